The van der Waals surface area contributed by atoms with Crippen LogP contribution in [0.2, 0.25) is 0 Å². The molecule has 0 heterocycles. The first-order valence-corrected chi connectivity index (χ1v) is 4.65. The molecule has 0 radical (unpaired) electrons. The van der Waals surface area contributed by atoms with Crippen LogP contribution < -0.4 is 0 Å². The Balaban J connectivity index is 2.05. The highest BCUT2D eigenvalue weighted by Crippen LogP contribution is 2.54. The molecular weight excluding hydrogens is 166 g/mol. The molecule has 0 N–H and O–H groups in total. The van der Waals surface area contributed by atoms with Crippen molar-refractivity contribution in [1.82, 2.24) is 0 Å². The van der Waals surface area contributed by atoms with Crippen molar-refractivity contribution in [3.05, 3.63) is 34.0 Å². The number of rotatable bonds is 2. The fourth-order valence-electron chi connectivity index (χ4n) is 1.83. The number of nitro groups is 1. The van der Waals surface area contributed by atoms with Crippen LogP contribution in [0, 0.1) is 21.4 Å². The van der Waals surface area contributed by atoms with Gasteiger partial charge >= 0.3 is 0 Å². The smallest absolute Gasteiger partial charge is 0.258 e. The Bertz CT molecular complexity index is 300. The molecule has 3 nitrogen and oxygen atoms in total. The highest BCUT2D eigenvalue weighted by atomic mass is 16.6. The van der Waals surface area contributed by atoms with E-state index in [-0.39, 0.29) is 10.6 Å². The van der Waals surface area contributed by atoms with Gasteiger partial charge in [-0.25, -0.2) is 0 Å². The summed E-state index contributed by atoms with van der Waals surface area (Å²) < 4.78 is 0. The fraction of sp³-hybridized carbons (Fsp3) is 0.600. The van der Waals surface area contributed by atoms with Gasteiger partial charge in [-0.1, -0.05) is 13.0 Å². The van der Waals surface area contributed by atoms with E-state index in [0.717, 1.165) is 6.42 Å². The molecule has 1 saturated carbocycles. The van der Waals surface area contributed by atoms with Gasteiger partial charge in [0.25, 0.3) is 5.70 Å². The average Bonchev–Trinajstić information content (AvgIpc) is 2.85. The average molecular weight is 179 g/mol. The topological polar surface area (TPSA) is 43.1 Å². The normalized spacial score (nSPS) is 29.6. The molecule has 0 amide bonds. The largest absolute Gasteiger partial charge is 0.265 e. The highest BCUT2D eigenvalue weighted by Gasteiger charge is 2.43. The van der Waals surface area contributed by atoms with Crippen molar-refractivity contribution in [1.29, 1.82) is 0 Å². The van der Waals surface area contributed by atoms with E-state index < -0.39 is 0 Å². The Morgan fingerprint density at radius 1 is 1.62 bits per heavy atom. The van der Waals surface area contributed by atoms with Crippen LogP contribution >= 0.6 is 0 Å². The van der Waals surface area contributed by atoms with Gasteiger partial charge in [0.05, 0.1) is 4.92 Å². The van der Waals surface area contributed by atoms with Crippen molar-refractivity contribution >= 4 is 0 Å². The Morgan fingerprint density at radius 3 is 2.69 bits per heavy atom. The third-order valence-electron chi connectivity index (χ3n) is 3.22. The Hall–Kier alpha value is -1.12. The number of nitrogens with zero attached hydrogens (tertiary/aromatic N) is 1. The van der Waals surface area contributed by atoms with Gasteiger partial charge in [0.2, 0.25) is 0 Å². The second kappa shape index (κ2) is 2.69. The Labute approximate surface area is 77.3 Å². The zero-order valence-corrected chi connectivity index (χ0v) is 7.69. The lowest BCUT2D eigenvalue weighted by atomic mass is 9.85. The van der Waals surface area contributed by atoms with Gasteiger partial charge in [0.15, 0.2) is 0 Å². The SMILES string of the molecule is CC1(C2C=CC([N+](=O)[O-])=CC2)CC1. The van der Waals surface area contributed by atoms with Crippen LogP contribution in [0.25, 0.3) is 0 Å². The maximum Gasteiger partial charge on any atom is 0.265 e. The minimum atomic E-state index is -0.318. The van der Waals surface area contributed by atoms with E-state index in [9.17, 15) is 10.1 Å². The van der Waals surface area contributed by atoms with E-state index in [2.05, 4.69) is 6.92 Å². The number of hydrogen-bond acceptors (Lipinski definition) is 2. The van der Waals surface area contributed by atoms with Crippen LogP contribution in [0.3, 0.4) is 0 Å². The molecule has 0 bridgehead atoms. The minimum absolute atomic E-state index is 0.250. The predicted octanol–water partition coefficient (Wildman–Crippen LogP) is 2.52. The van der Waals surface area contributed by atoms with Gasteiger partial charge in [0.1, 0.15) is 0 Å². The molecule has 0 aliphatic heterocycles. The maximum atomic E-state index is 10.4. The molecule has 2 rings (SSSR count). The first-order chi connectivity index (χ1) is 6.12. The van der Waals surface area contributed by atoms with E-state index in [1.165, 1.54) is 12.8 Å². The lowest BCUT2D eigenvalue weighted by Gasteiger charge is -2.19. The second-order valence-electron chi connectivity index (χ2n) is 4.24. The zero-order chi connectivity index (χ0) is 9.47. The maximum absolute atomic E-state index is 10.4. The molecule has 1 unspecified atom stereocenters. The molecule has 0 spiro atoms. The van der Waals surface area contributed by atoms with E-state index in [1.807, 2.05) is 6.08 Å². The molecule has 0 aromatic heterocycles. The van der Waals surface area contributed by atoms with Crippen LogP contribution in [-0.4, -0.2) is 4.92 Å². The summed E-state index contributed by atoms with van der Waals surface area (Å²) in [5, 5.41) is 10.4. The van der Waals surface area contributed by atoms with E-state index in [0.29, 0.717) is 11.3 Å². The van der Waals surface area contributed by atoms with Crippen molar-refractivity contribution < 1.29 is 4.92 Å². The summed E-state index contributed by atoms with van der Waals surface area (Å²) >= 11 is 0. The van der Waals surface area contributed by atoms with Gasteiger partial charge < -0.3 is 0 Å². The summed E-state index contributed by atoms with van der Waals surface area (Å²) in [4.78, 5) is 10.1. The van der Waals surface area contributed by atoms with Crippen molar-refractivity contribution in [3.8, 4) is 0 Å². The van der Waals surface area contributed by atoms with Crippen LogP contribution in [0.15, 0.2) is 23.9 Å². The van der Waals surface area contributed by atoms with Gasteiger partial charge in [-0.3, -0.25) is 10.1 Å². The van der Waals surface area contributed by atoms with E-state index >= 15 is 0 Å². The van der Waals surface area contributed by atoms with Gasteiger partial charge in [-0.05, 0) is 36.7 Å². The molecule has 0 aromatic carbocycles. The predicted molar refractivity (Wildman–Crippen MR) is 49.7 cm³/mol. The van der Waals surface area contributed by atoms with Crippen LogP contribution in [-0.2, 0) is 0 Å². The minimum Gasteiger partial charge on any atom is -0.258 e. The standard InChI is InChI=1S/C10H13NO2/c1-10(6-7-10)8-2-4-9(5-3-8)11(12)13/h2,4-5,8H,3,6-7H2,1H3. The van der Waals surface area contributed by atoms with E-state index in [1.54, 1.807) is 12.2 Å². The summed E-state index contributed by atoms with van der Waals surface area (Å²) in [5.74, 6) is 0.524. The first-order valence-electron chi connectivity index (χ1n) is 4.65. The summed E-state index contributed by atoms with van der Waals surface area (Å²) in [6, 6.07) is 0. The molecule has 2 aliphatic rings. The summed E-state index contributed by atoms with van der Waals surface area (Å²) in [6.45, 7) is 2.26. The summed E-state index contributed by atoms with van der Waals surface area (Å²) in [6.07, 6.45) is 8.77. The molecule has 13 heavy (non-hydrogen) atoms. The zero-order valence-electron chi connectivity index (χ0n) is 7.69. The molecule has 0 aromatic rings. The Morgan fingerprint density at radius 2 is 2.31 bits per heavy atom. The van der Waals surface area contributed by atoms with Crippen LogP contribution in [0.5, 0.6) is 0 Å². The van der Waals surface area contributed by atoms with E-state index in [4.69, 9.17) is 0 Å². The second-order valence-corrected chi connectivity index (χ2v) is 4.24. The van der Waals surface area contributed by atoms with Crippen LogP contribution in [0.1, 0.15) is 26.2 Å². The summed E-state index contributed by atoms with van der Waals surface area (Å²) in [7, 11) is 0. The van der Waals surface area contributed by atoms with Gasteiger partial charge in [-0.15, -0.1) is 0 Å². The molecule has 1 fully saturated rings. The third kappa shape index (κ3) is 1.50. The lowest BCUT2D eigenvalue weighted by molar-refractivity contribution is -0.419. The van der Waals surface area contributed by atoms with Crippen molar-refractivity contribution in [2.24, 2.45) is 11.3 Å². The quantitative estimate of drug-likeness (QED) is 0.483. The lowest BCUT2D eigenvalue weighted by Crippen LogP contribution is -2.13. The highest BCUT2D eigenvalue weighted by molar-refractivity contribution is 5.20. The molecule has 3 heteroatoms. The fourth-order valence-corrected chi connectivity index (χ4v) is 1.83. The molecule has 1 atom stereocenters. The monoisotopic (exact) mass is 179 g/mol. The molecular formula is C10H13NO2. The molecule has 70 valence electrons. The molecule has 2 aliphatic carbocycles. The van der Waals surface area contributed by atoms with Gasteiger partial charge in [-0.2, -0.15) is 0 Å². The summed E-state index contributed by atoms with van der Waals surface area (Å²) in [5.41, 5.74) is 0.690. The Kier molecular flexibility index (Phi) is 1.75. The van der Waals surface area contributed by atoms with Crippen molar-refractivity contribution in [3.63, 3.8) is 0 Å². The van der Waals surface area contributed by atoms with Gasteiger partial charge in [0, 0.05) is 6.08 Å². The number of hydrogen-bond donors (Lipinski definition) is 0. The van der Waals surface area contributed by atoms with Crippen LogP contribution in [0.4, 0.5) is 0 Å². The first kappa shape index (κ1) is 8.48. The number of allylic oxidation sites excluding steroid dienone is 3. The third-order valence-corrected chi connectivity index (χ3v) is 3.22. The van der Waals surface area contributed by atoms with Crippen molar-refractivity contribution in [2.75, 3.05) is 0 Å². The molecule has 0 saturated heterocycles. The van der Waals surface area contributed by atoms with Crippen molar-refractivity contribution in [2.45, 2.75) is 26.2 Å².